The van der Waals surface area contributed by atoms with Crippen molar-refractivity contribution in [1.29, 1.82) is 0 Å². The Balaban J connectivity index is 2.14. The third kappa shape index (κ3) is 3.72. The van der Waals surface area contributed by atoms with Crippen LogP contribution in [0, 0.1) is 0 Å². The minimum atomic E-state index is 0.905. The van der Waals surface area contributed by atoms with Gasteiger partial charge in [-0.15, -0.1) is 0 Å². The molecule has 0 N–H and O–H groups in total. The largest absolute Gasteiger partial charge is 0.497 e. The number of benzene rings is 2. The zero-order chi connectivity index (χ0) is 13.5. The molecular formula is C18H20O. The van der Waals surface area contributed by atoms with Gasteiger partial charge < -0.3 is 4.74 Å². The Morgan fingerprint density at radius 2 is 1.68 bits per heavy atom. The molecule has 1 heteroatoms. The van der Waals surface area contributed by atoms with Gasteiger partial charge in [0.1, 0.15) is 5.75 Å². The van der Waals surface area contributed by atoms with Gasteiger partial charge in [-0.05, 0) is 41.7 Å². The first kappa shape index (κ1) is 13.4. The van der Waals surface area contributed by atoms with Crippen LogP contribution in [-0.2, 0) is 6.42 Å². The lowest BCUT2D eigenvalue weighted by atomic mass is 10.0. The Labute approximate surface area is 115 Å². The fourth-order valence-corrected chi connectivity index (χ4v) is 2.13. The van der Waals surface area contributed by atoms with Crippen LogP contribution >= 0.6 is 0 Å². The molecule has 0 fully saturated rings. The summed E-state index contributed by atoms with van der Waals surface area (Å²) in [7, 11) is 1.70. The van der Waals surface area contributed by atoms with Gasteiger partial charge in [-0.1, -0.05) is 55.5 Å². The number of allylic oxidation sites excluding steroid dienone is 2. The second-order valence-corrected chi connectivity index (χ2v) is 4.50. The lowest BCUT2D eigenvalue weighted by Crippen LogP contribution is -1.87. The molecule has 0 aliphatic rings. The van der Waals surface area contributed by atoms with Crippen molar-refractivity contribution in [2.45, 2.75) is 19.8 Å². The molecular weight excluding hydrogens is 232 g/mol. The summed E-state index contributed by atoms with van der Waals surface area (Å²) in [6.07, 6.45) is 4.34. The minimum absolute atomic E-state index is 0.905. The zero-order valence-corrected chi connectivity index (χ0v) is 11.6. The summed E-state index contributed by atoms with van der Waals surface area (Å²) >= 11 is 0. The van der Waals surface area contributed by atoms with Gasteiger partial charge in [0.15, 0.2) is 0 Å². The fraction of sp³-hybridized carbons (Fsp3) is 0.222. The van der Waals surface area contributed by atoms with Crippen molar-refractivity contribution >= 4 is 5.57 Å². The van der Waals surface area contributed by atoms with Gasteiger partial charge in [0, 0.05) is 0 Å². The van der Waals surface area contributed by atoms with Crippen LogP contribution in [0.4, 0.5) is 0 Å². The quantitative estimate of drug-likeness (QED) is 0.747. The second kappa shape index (κ2) is 6.79. The Morgan fingerprint density at radius 1 is 1.00 bits per heavy atom. The molecule has 0 amide bonds. The highest BCUT2D eigenvalue weighted by Crippen LogP contribution is 2.21. The van der Waals surface area contributed by atoms with E-state index in [0.717, 1.165) is 18.6 Å². The zero-order valence-electron chi connectivity index (χ0n) is 11.6. The standard InChI is InChI=1S/C18H20O/c1-3-16(10-9-15-7-5-4-6-8-15)17-11-13-18(19-2)14-12-17/h4-8,10-14H,3,9H2,1-2H3/b16-10-. The maximum Gasteiger partial charge on any atom is 0.118 e. The van der Waals surface area contributed by atoms with Crippen LogP contribution in [0.15, 0.2) is 60.7 Å². The molecule has 2 rings (SSSR count). The Kier molecular flexibility index (Phi) is 4.79. The molecule has 0 saturated heterocycles. The average molecular weight is 252 g/mol. The number of hydrogen-bond acceptors (Lipinski definition) is 1. The maximum atomic E-state index is 5.19. The van der Waals surface area contributed by atoms with Crippen LogP contribution in [-0.4, -0.2) is 7.11 Å². The van der Waals surface area contributed by atoms with E-state index in [-0.39, 0.29) is 0 Å². The maximum absolute atomic E-state index is 5.19. The van der Waals surface area contributed by atoms with Crippen LogP contribution < -0.4 is 4.74 Å². The van der Waals surface area contributed by atoms with Gasteiger partial charge in [-0.25, -0.2) is 0 Å². The number of methoxy groups -OCH3 is 1. The molecule has 98 valence electrons. The molecule has 0 bridgehead atoms. The highest BCUT2D eigenvalue weighted by Gasteiger charge is 2.00. The number of hydrogen-bond donors (Lipinski definition) is 0. The van der Waals surface area contributed by atoms with Gasteiger partial charge >= 0.3 is 0 Å². The first-order valence-corrected chi connectivity index (χ1v) is 6.71. The van der Waals surface area contributed by atoms with Crippen molar-refractivity contribution in [3.8, 4) is 5.75 Å². The first-order chi connectivity index (χ1) is 9.33. The van der Waals surface area contributed by atoms with Crippen LogP contribution in [0.3, 0.4) is 0 Å². The molecule has 1 nitrogen and oxygen atoms in total. The van der Waals surface area contributed by atoms with E-state index in [1.54, 1.807) is 7.11 Å². The number of ether oxygens (including phenoxy) is 1. The third-order valence-electron chi connectivity index (χ3n) is 3.27. The van der Waals surface area contributed by atoms with Crippen LogP contribution in [0.1, 0.15) is 24.5 Å². The van der Waals surface area contributed by atoms with Crippen LogP contribution in [0.5, 0.6) is 5.75 Å². The van der Waals surface area contributed by atoms with E-state index in [1.165, 1.54) is 16.7 Å². The lowest BCUT2D eigenvalue weighted by Gasteiger charge is -2.07. The van der Waals surface area contributed by atoms with Gasteiger partial charge in [0.2, 0.25) is 0 Å². The highest BCUT2D eigenvalue weighted by atomic mass is 16.5. The SMILES string of the molecule is CC/C(=C/Cc1ccccc1)c1ccc(OC)cc1. The van der Waals surface area contributed by atoms with E-state index in [2.05, 4.69) is 55.5 Å². The van der Waals surface area contributed by atoms with Crippen LogP contribution in [0.2, 0.25) is 0 Å². The van der Waals surface area contributed by atoms with Crippen molar-refractivity contribution in [1.82, 2.24) is 0 Å². The Hall–Kier alpha value is -2.02. The van der Waals surface area contributed by atoms with E-state index in [1.807, 2.05) is 12.1 Å². The first-order valence-electron chi connectivity index (χ1n) is 6.71. The molecule has 0 aliphatic carbocycles. The van der Waals surface area contributed by atoms with Crippen molar-refractivity contribution in [3.05, 3.63) is 71.8 Å². The predicted octanol–water partition coefficient (Wildman–Crippen LogP) is 4.73. The van der Waals surface area contributed by atoms with Crippen molar-refractivity contribution in [2.75, 3.05) is 7.11 Å². The predicted molar refractivity (Wildman–Crippen MR) is 81.4 cm³/mol. The molecule has 2 aromatic rings. The Morgan fingerprint density at radius 3 is 2.26 bits per heavy atom. The van der Waals surface area contributed by atoms with E-state index >= 15 is 0 Å². The smallest absolute Gasteiger partial charge is 0.118 e. The summed E-state index contributed by atoms with van der Waals surface area (Å²) in [5.74, 6) is 0.905. The molecule has 19 heavy (non-hydrogen) atoms. The van der Waals surface area contributed by atoms with Gasteiger partial charge in [-0.3, -0.25) is 0 Å². The normalized spacial score (nSPS) is 11.4. The van der Waals surface area contributed by atoms with Gasteiger partial charge in [-0.2, -0.15) is 0 Å². The lowest BCUT2D eigenvalue weighted by molar-refractivity contribution is 0.415. The third-order valence-corrected chi connectivity index (χ3v) is 3.27. The van der Waals surface area contributed by atoms with E-state index in [9.17, 15) is 0 Å². The summed E-state index contributed by atoms with van der Waals surface area (Å²) in [6, 6.07) is 18.8. The number of rotatable bonds is 5. The molecule has 0 radical (unpaired) electrons. The topological polar surface area (TPSA) is 9.23 Å². The molecule has 2 aromatic carbocycles. The average Bonchev–Trinajstić information content (AvgIpc) is 2.49. The minimum Gasteiger partial charge on any atom is -0.497 e. The summed E-state index contributed by atoms with van der Waals surface area (Å²) < 4.78 is 5.19. The molecule has 0 aliphatic heterocycles. The molecule has 0 heterocycles. The highest BCUT2D eigenvalue weighted by molar-refractivity contribution is 5.66. The van der Waals surface area contributed by atoms with E-state index in [0.29, 0.717) is 0 Å². The molecule has 0 atom stereocenters. The van der Waals surface area contributed by atoms with Crippen molar-refractivity contribution in [2.24, 2.45) is 0 Å². The fourth-order valence-electron chi connectivity index (χ4n) is 2.13. The van der Waals surface area contributed by atoms with E-state index < -0.39 is 0 Å². The molecule has 0 aromatic heterocycles. The van der Waals surface area contributed by atoms with Crippen molar-refractivity contribution in [3.63, 3.8) is 0 Å². The van der Waals surface area contributed by atoms with Crippen LogP contribution in [0.25, 0.3) is 5.57 Å². The summed E-state index contributed by atoms with van der Waals surface area (Å²) in [6.45, 7) is 2.20. The summed E-state index contributed by atoms with van der Waals surface area (Å²) in [5.41, 5.74) is 4.01. The Bertz CT molecular complexity index is 523. The summed E-state index contributed by atoms with van der Waals surface area (Å²) in [5, 5.41) is 0. The summed E-state index contributed by atoms with van der Waals surface area (Å²) in [4.78, 5) is 0. The molecule has 0 saturated carbocycles. The van der Waals surface area contributed by atoms with Crippen molar-refractivity contribution < 1.29 is 4.74 Å². The molecule has 0 spiro atoms. The van der Waals surface area contributed by atoms with E-state index in [4.69, 9.17) is 4.74 Å². The second-order valence-electron chi connectivity index (χ2n) is 4.50. The van der Waals surface area contributed by atoms with Gasteiger partial charge in [0.25, 0.3) is 0 Å². The molecule has 0 unspecified atom stereocenters. The van der Waals surface area contributed by atoms with Gasteiger partial charge in [0.05, 0.1) is 7.11 Å². The monoisotopic (exact) mass is 252 g/mol.